The number of hydrogen-bond acceptors (Lipinski definition) is 3. The molecular weight excluding hydrogens is 384 g/mol. The minimum atomic E-state index is 0.380. The zero-order valence-corrected chi connectivity index (χ0v) is 19.6. The number of nitrogens with zero attached hydrogens (tertiary/aromatic N) is 2. The van der Waals surface area contributed by atoms with Gasteiger partial charge in [0.15, 0.2) is 5.82 Å². The molecule has 0 bridgehead atoms. The molecule has 1 aromatic carbocycles. The van der Waals surface area contributed by atoms with E-state index in [0.29, 0.717) is 6.10 Å². The summed E-state index contributed by atoms with van der Waals surface area (Å²) in [6.07, 6.45) is 15.0. The van der Waals surface area contributed by atoms with Gasteiger partial charge in [-0.25, -0.2) is 9.97 Å². The molecule has 0 aliphatic heterocycles. The van der Waals surface area contributed by atoms with E-state index in [-0.39, 0.29) is 0 Å². The summed E-state index contributed by atoms with van der Waals surface area (Å²) >= 11 is 0. The third kappa shape index (κ3) is 7.48. The van der Waals surface area contributed by atoms with Gasteiger partial charge in [-0.3, -0.25) is 0 Å². The second kappa shape index (κ2) is 13.3. The first-order valence-electron chi connectivity index (χ1n) is 11.9. The zero-order valence-electron chi connectivity index (χ0n) is 19.6. The van der Waals surface area contributed by atoms with Crippen molar-refractivity contribution in [1.82, 2.24) is 9.97 Å². The Morgan fingerprint density at radius 2 is 1.29 bits per heavy atom. The Morgan fingerprint density at radius 1 is 0.806 bits per heavy atom. The predicted molar refractivity (Wildman–Crippen MR) is 125 cm³/mol. The van der Waals surface area contributed by atoms with Gasteiger partial charge < -0.3 is 4.74 Å². The van der Waals surface area contributed by atoms with Gasteiger partial charge in [0.2, 0.25) is 0 Å². The van der Waals surface area contributed by atoms with Crippen LogP contribution in [0.5, 0.6) is 5.75 Å². The number of hydrogen-bond donors (Lipinski definition) is 0. The summed E-state index contributed by atoms with van der Waals surface area (Å²) in [6.45, 7) is 12.9. The molecule has 2 fully saturated rings. The standard InChI is InChI=1S/C24H32N2O.C2H6.CO/c1-17-3-5-19(6-4-17)20-7-11-22(12-8-20)27-23-13-9-21(10-14-23)24-25-15-18(2)16-26-24;2*1-2/h9-10,13-17,19-20,22H,3-8,11-12H2,1-2H3;1-2H3;. The molecule has 2 saturated carbocycles. The van der Waals surface area contributed by atoms with Crippen molar-refractivity contribution < 1.29 is 9.39 Å². The van der Waals surface area contributed by atoms with Gasteiger partial charge in [-0.2, -0.15) is 0 Å². The minimum absolute atomic E-state index is 0.380. The second-order valence-electron chi connectivity index (χ2n) is 8.78. The van der Waals surface area contributed by atoms with Gasteiger partial charge in [0.25, 0.3) is 0 Å². The molecular formula is C27H38N2O2. The Kier molecular flexibility index (Phi) is 10.8. The maximum absolute atomic E-state index is 7.50. The van der Waals surface area contributed by atoms with Crippen LogP contribution in [-0.2, 0) is 4.65 Å². The molecule has 1 heterocycles. The van der Waals surface area contributed by atoms with E-state index in [2.05, 4.69) is 47.8 Å². The molecule has 0 unspecified atom stereocenters. The van der Waals surface area contributed by atoms with E-state index in [9.17, 15) is 0 Å². The third-order valence-corrected chi connectivity index (χ3v) is 6.64. The van der Waals surface area contributed by atoms with Crippen LogP contribution in [0, 0.1) is 31.3 Å². The first kappa shape index (κ1) is 25.1. The molecule has 2 aliphatic carbocycles. The van der Waals surface area contributed by atoms with Crippen molar-refractivity contribution in [3.05, 3.63) is 48.9 Å². The molecule has 0 amide bonds. The van der Waals surface area contributed by atoms with Gasteiger partial charge >= 0.3 is 11.3 Å². The van der Waals surface area contributed by atoms with Gasteiger partial charge in [0.05, 0.1) is 6.10 Å². The van der Waals surface area contributed by atoms with Crippen LogP contribution in [0.25, 0.3) is 11.4 Å². The fraction of sp³-hybridized carbons (Fsp3) is 0.593. The number of rotatable bonds is 4. The molecule has 1 aromatic heterocycles. The quantitative estimate of drug-likeness (QED) is 0.386. The summed E-state index contributed by atoms with van der Waals surface area (Å²) in [5, 5.41) is 0. The van der Waals surface area contributed by atoms with E-state index in [0.717, 1.165) is 40.5 Å². The summed E-state index contributed by atoms with van der Waals surface area (Å²) in [4.78, 5) is 8.80. The topological polar surface area (TPSA) is 54.9 Å². The molecule has 2 aromatic rings. The van der Waals surface area contributed by atoms with Crippen LogP contribution >= 0.6 is 0 Å². The normalized spacial score (nSPS) is 25.2. The number of ether oxygens (including phenoxy) is 1. The van der Waals surface area contributed by atoms with Crippen LogP contribution in [0.15, 0.2) is 36.7 Å². The fourth-order valence-corrected chi connectivity index (χ4v) is 4.85. The van der Waals surface area contributed by atoms with Gasteiger partial charge in [0.1, 0.15) is 5.75 Å². The van der Waals surface area contributed by atoms with Crippen molar-refractivity contribution in [2.75, 3.05) is 0 Å². The van der Waals surface area contributed by atoms with E-state index < -0.39 is 0 Å². The summed E-state index contributed by atoms with van der Waals surface area (Å²) < 4.78 is 13.8. The van der Waals surface area contributed by atoms with Crippen molar-refractivity contribution >= 4 is 0 Å². The molecule has 168 valence electrons. The number of benzene rings is 1. The Morgan fingerprint density at radius 3 is 1.81 bits per heavy atom. The molecule has 4 rings (SSSR count). The van der Waals surface area contributed by atoms with Crippen LogP contribution in [0.4, 0.5) is 0 Å². The molecule has 31 heavy (non-hydrogen) atoms. The first-order valence-corrected chi connectivity index (χ1v) is 11.9. The molecule has 2 aliphatic rings. The molecule has 4 heteroatoms. The van der Waals surface area contributed by atoms with E-state index in [4.69, 9.17) is 9.39 Å². The van der Waals surface area contributed by atoms with Crippen molar-refractivity contribution in [1.29, 1.82) is 0 Å². The van der Waals surface area contributed by atoms with Crippen LogP contribution < -0.4 is 4.74 Å². The summed E-state index contributed by atoms with van der Waals surface area (Å²) in [5.41, 5.74) is 2.12. The number of aryl methyl sites for hydroxylation is 1. The van der Waals surface area contributed by atoms with Gasteiger partial charge in [0, 0.05) is 18.0 Å². The Bertz CT molecular complexity index is 754. The van der Waals surface area contributed by atoms with Crippen LogP contribution in [-0.4, -0.2) is 16.1 Å². The molecule has 0 spiro atoms. The zero-order chi connectivity index (χ0) is 22.6. The summed E-state index contributed by atoms with van der Waals surface area (Å²) in [7, 11) is 0. The molecule has 0 N–H and O–H groups in total. The van der Waals surface area contributed by atoms with E-state index in [1.165, 1.54) is 51.4 Å². The monoisotopic (exact) mass is 422 g/mol. The van der Waals surface area contributed by atoms with Gasteiger partial charge in [-0.15, -0.1) is 0 Å². The van der Waals surface area contributed by atoms with Crippen LogP contribution in [0.2, 0.25) is 0 Å². The van der Waals surface area contributed by atoms with E-state index >= 15 is 0 Å². The van der Waals surface area contributed by atoms with Crippen molar-refractivity contribution in [2.45, 2.75) is 85.2 Å². The van der Waals surface area contributed by atoms with Gasteiger partial charge in [-0.05, 0) is 93.0 Å². The van der Waals surface area contributed by atoms with E-state index in [1.54, 1.807) is 0 Å². The molecule has 0 saturated heterocycles. The Hall–Kier alpha value is -2.16. The molecule has 4 nitrogen and oxygen atoms in total. The maximum atomic E-state index is 7.50. The van der Waals surface area contributed by atoms with Crippen molar-refractivity contribution in [3.63, 3.8) is 0 Å². The predicted octanol–water partition coefficient (Wildman–Crippen LogP) is 7.20. The van der Waals surface area contributed by atoms with Crippen molar-refractivity contribution in [2.24, 2.45) is 17.8 Å². The average Bonchev–Trinajstić information content (AvgIpc) is 2.84. The third-order valence-electron chi connectivity index (χ3n) is 6.64. The van der Waals surface area contributed by atoms with E-state index in [1.807, 2.05) is 33.2 Å². The fourth-order valence-electron chi connectivity index (χ4n) is 4.85. The summed E-state index contributed by atoms with van der Waals surface area (Å²) in [5.74, 6) is 4.62. The van der Waals surface area contributed by atoms with Crippen LogP contribution in [0.1, 0.15) is 77.7 Å². The first-order chi connectivity index (χ1) is 15.2. The molecule has 0 radical (unpaired) electrons. The summed E-state index contributed by atoms with van der Waals surface area (Å²) in [6, 6.07) is 8.25. The van der Waals surface area contributed by atoms with Crippen molar-refractivity contribution in [3.8, 4) is 17.1 Å². The second-order valence-corrected chi connectivity index (χ2v) is 8.78. The van der Waals surface area contributed by atoms with Crippen LogP contribution in [0.3, 0.4) is 0 Å². The average molecular weight is 423 g/mol. The molecule has 0 atom stereocenters. The van der Waals surface area contributed by atoms with Gasteiger partial charge in [-0.1, -0.05) is 33.6 Å². The Labute approximate surface area is 188 Å². The SMILES string of the molecule is CC.Cc1cnc(-c2ccc(OC3CCC(C4CCC(C)CC4)CC3)cc2)nc1.[C-]#[O+]. The Balaban J connectivity index is 0.000000807. The number of aromatic nitrogens is 2.